The van der Waals surface area contributed by atoms with Crippen LogP contribution in [0.15, 0.2) is 20.7 Å². The first-order valence-electron chi connectivity index (χ1n) is 4.75. The monoisotopic (exact) mass is 378 g/mol. The summed E-state index contributed by atoms with van der Waals surface area (Å²) in [5.74, 6) is -0.272. The van der Waals surface area contributed by atoms with Crippen LogP contribution in [-0.2, 0) is 6.54 Å². The van der Waals surface area contributed by atoms with Crippen LogP contribution >= 0.6 is 43.2 Å². The number of nitrogens with one attached hydrogen (secondary N) is 1. The molecule has 0 saturated carbocycles. The van der Waals surface area contributed by atoms with Gasteiger partial charge in [-0.25, -0.2) is 4.98 Å². The van der Waals surface area contributed by atoms with Gasteiger partial charge in [0.05, 0.1) is 14.5 Å². The summed E-state index contributed by atoms with van der Waals surface area (Å²) in [4.78, 5) is 15.9. The number of amides is 1. The van der Waals surface area contributed by atoms with Crippen molar-refractivity contribution in [2.24, 2.45) is 0 Å². The van der Waals surface area contributed by atoms with Crippen molar-refractivity contribution in [2.45, 2.75) is 13.5 Å². The SMILES string of the molecule is CCn1cc(Br)c(C(=O)Nc2ncc(Br)s2)n1. The van der Waals surface area contributed by atoms with E-state index in [-0.39, 0.29) is 5.91 Å². The van der Waals surface area contributed by atoms with E-state index in [9.17, 15) is 4.79 Å². The molecule has 2 heterocycles. The molecule has 5 nitrogen and oxygen atoms in total. The molecule has 2 rings (SSSR count). The van der Waals surface area contributed by atoms with Gasteiger partial charge in [0, 0.05) is 12.7 Å². The summed E-state index contributed by atoms with van der Waals surface area (Å²) < 4.78 is 3.23. The number of aromatic nitrogens is 3. The lowest BCUT2D eigenvalue weighted by Gasteiger charge is -1.98. The van der Waals surface area contributed by atoms with Gasteiger partial charge >= 0.3 is 0 Å². The number of hydrogen-bond acceptors (Lipinski definition) is 4. The molecule has 0 saturated heterocycles. The lowest BCUT2D eigenvalue weighted by atomic mass is 10.4. The Balaban J connectivity index is 2.16. The van der Waals surface area contributed by atoms with E-state index < -0.39 is 0 Å². The fraction of sp³-hybridized carbons (Fsp3) is 0.222. The van der Waals surface area contributed by atoms with Crippen molar-refractivity contribution in [3.8, 4) is 0 Å². The molecule has 2 aromatic rings. The molecule has 0 unspecified atom stereocenters. The lowest BCUT2D eigenvalue weighted by Crippen LogP contribution is -2.13. The van der Waals surface area contributed by atoms with Crippen molar-refractivity contribution in [3.05, 3.63) is 26.3 Å². The van der Waals surface area contributed by atoms with E-state index in [2.05, 4.69) is 47.3 Å². The van der Waals surface area contributed by atoms with Gasteiger partial charge in [-0.15, -0.1) is 0 Å². The maximum absolute atomic E-state index is 11.9. The van der Waals surface area contributed by atoms with Gasteiger partial charge in [0.1, 0.15) is 0 Å². The zero-order valence-electron chi connectivity index (χ0n) is 8.78. The molecule has 0 aliphatic carbocycles. The highest BCUT2D eigenvalue weighted by Crippen LogP contribution is 2.24. The third kappa shape index (κ3) is 2.93. The highest BCUT2D eigenvalue weighted by molar-refractivity contribution is 9.11. The van der Waals surface area contributed by atoms with Gasteiger partial charge in [0.15, 0.2) is 10.8 Å². The average Bonchev–Trinajstić information content (AvgIpc) is 2.85. The van der Waals surface area contributed by atoms with Gasteiger partial charge in [-0.2, -0.15) is 5.10 Å². The van der Waals surface area contributed by atoms with Gasteiger partial charge < -0.3 is 0 Å². The second-order valence-electron chi connectivity index (χ2n) is 3.10. The van der Waals surface area contributed by atoms with E-state index in [0.717, 1.165) is 3.79 Å². The standard InChI is InChI=1S/C9H8Br2N4OS/c1-2-15-4-5(10)7(14-15)8(16)13-9-12-3-6(11)17-9/h3-4H,2H2,1H3,(H,12,13,16). The number of anilines is 1. The van der Waals surface area contributed by atoms with Crippen LogP contribution in [0.5, 0.6) is 0 Å². The van der Waals surface area contributed by atoms with Crippen molar-refractivity contribution in [3.63, 3.8) is 0 Å². The van der Waals surface area contributed by atoms with Gasteiger partial charge in [0.2, 0.25) is 0 Å². The Morgan fingerprint density at radius 2 is 2.35 bits per heavy atom. The zero-order valence-corrected chi connectivity index (χ0v) is 12.8. The van der Waals surface area contributed by atoms with Crippen molar-refractivity contribution in [1.29, 1.82) is 0 Å². The maximum Gasteiger partial charge on any atom is 0.279 e. The minimum absolute atomic E-state index is 0.272. The molecule has 0 bridgehead atoms. The molecular formula is C9H8Br2N4OS. The number of hydrogen-bond donors (Lipinski definition) is 1. The van der Waals surface area contributed by atoms with Crippen molar-refractivity contribution in [2.75, 3.05) is 5.32 Å². The van der Waals surface area contributed by atoms with E-state index in [4.69, 9.17) is 0 Å². The molecular weight excluding hydrogens is 372 g/mol. The third-order valence-electron chi connectivity index (χ3n) is 1.95. The molecule has 0 spiro atoms. The van der Waals surface area contributed by atoms with Crippen LogP contribution in [0.3, 0.4) is 0 Å². The Morgan fingerprint density at radius 1 is 1.59 bits per heavy atom. The Bertz CT molecular complexity index is 551. The Hall–Kier alpha value is -0.730. The molecule has 0 radical (unpaired) electrons. The van der Waals surface area contributed by atoms with Crippen molar-refractivity contribution >= 4 is 54.2 Å². The van der Waals surface area contributed by atoms with E-state index in [1.165, 1.54) is 11.3 Å². The number of carbonyl (C=O) groups is 1. The third-order valence-corrected chi connectivity index (χ3v) is 3.93. The van der Waals surface area contributed by atoms with Crippen LogP contribution in [0.4, 0.5) is 5.13 Å². The predicted octanol–water partition coefficient (Wildman–Crippen LogP) is 3.14. The number of thiazole rings is 1. The van der Waals surface area contributed by atoms with Crippen molar-refractivity contribution in [1.82, 2.24) is 14.8 Å². The van der Waals surface area contributed by atoms with Gasteiger partial charge in [-0.1, -0.05) is 11.3 Å². The van der Waals surface area contributed by atoms with Crippen LogP contribution in [0, 0.1) is 0 Å². The molecule has 1 N–H and O–H groups in total. The summed E-state index contributed by atoms with van der Waals surface area (Å²) in [5.41, 5.74) is 0.359. The molecule has 17 heavy (non-hydrogen) atoms. The predicted molar refractivity (Wildman–Crippen MR) is 73.4 cm³/mol. The average molecular weight is 380 g/mol. The Morgan fingerprint density at radius 3 is 2.88 bits per heavy atom. The first-order chi connectivity index (χ1) is 8.10. The van der Waals surface area contributed by atoms with Crippen LogP contribution in [0.2, 0.25) is 0 Å². The first kappa shape index (κ1) is 12.7. The molecule has 0 aliphatic heterocycles. The summed E-state index contributed by atoms with van der Waals surface area (Å²) in [6.07, 6.45) is 3.41. The zero-order chi connectivity index (χ0) is 12.4. The maximum atomic E-state index is 11.9. The minimum atomic E-state index is -0.272. The van der Waals surface area contributed by atoms with Crippen LogP contribution in [0.1, 0.15) is 17.4 Å². The van der Waals surface area contributed by atoms with Crippen LogP contribution in [-0.4, -0.2) is 20.7 Å². The number of carbonyl (C=O) groups excluding carboxylic acids is 1. The molecule has 0 fully saturated rings. The second kappa shape index (κ2) is 5.28. The Kier molecular flexibility index (Phi) is 3.95. The molecule has 1 amide bonds. The summed E-state index contributed by atoms with van der Waals surface area (Å²) >= 11 is 7.94. The quantitative estimate of drug-likeness (QED) is 0.891. The fourth-order valence-corrected chi connectivity index (χ4v) is 2.78. The minimum Gasteiger partial charge on any atom is -0.296 e. The fourth-order valence-electron chi connectivity index (χ4n) is 1.18. The molecule has 0 atom stereocenters. The first-order valence-corrected chi connectivity index (χ1v) is 7.16. The molecule has 0 aromatic carbocycles. The van der Waals surface area contributed by atoms with E-state index in [0.29, 0.717) is 21.8 Å². The highest BCUT2D eigenvalue weighted by Gasteiger charge is 2.16. The summed E-state index contributed by atoms with van der Waals surface area (Å²) in [6.45, 7) is 2.67. The summed E-state index contributed by atoms with van der Waals surface area (Å²) in [7, 11) is 0. The van der Waals surface area contributed by atoms with Gasteiger partial charge in [-0.05, 0) is 38.8 Å². The molecule has 2 aromatic heterocycles. The number of nitrogens with zero attached hydrogens (tertiary/aromatic N) is 3. The highest BCUT2D eigenvalue weighted by atomic mass is 79.9. The van der Waals surface area contributed by atoms with Gasteiger partial charge in [0.25, 0.3) is 5.91 Å². The summed E-state index contributed by atoms with van der Waals surface area (Å²) in [5, 5.41) is 7.39. The smallest absolute Gasteiger partial charge is 0.279 e. The van der Waals surface area contributed by atoms with E-state index >= 15 is 0 Å². The number of aryl methyl sites for hydroxylation is 1. The normalized spacial score (nSPS) is 10.5. The number of halogens is 2. The van der Waals surface area contributed by atoms with Gasteiger partial charge in [-0.3, -0.25) is 14.8 Å². The van der Waals surface area contributed by atoms with E-state index in [1.807, 2.05) is 6.92 Å². The lowest BCUT2D eigenvalue weighted by molar-refractivity contribution is 0.102. The van der Waals surface area contributed by atoms with Crippen LogP contribution in [0.25, 0.3) is 0 Å². The molecule has 0 aliphatic rings. The summed E-state index contributed by atoms with van der Waals surface area (Å²) in [6, 6.07) is 0. The number of rotatable bonds is 3. The topological polar surface area (TPSA) is 59.8 Å². The van der Waals surface area contributed by atoms with Crippen molar-refractivity contribution < 1.29 is 4.79 Å². The van der Waals surface area contributed by atoms with Crippen LogP contribution < -0.4 is 5.32 Å². The van der Waals surface area contributed by atoms with E-state index in [1.54, 1.807) is 17.1 Å². The Labute approximate surface area is 118 Å². The molecule has 8 heteroatoms. The second-order valence-corrected chi connectivity index (χ2v) is 6.37. The largest absolute Gasteiger partial charge is 0.296 e. The molecule has 90 valence electrons.